The Kier molecular flexibility index (Phi) is 4.83. The van der Waals surface area contributed by atoms with Crippen molar-refractivity contribution in [3.8, 4) is 0 Å². The van der Waals surface area contributed by atoms with Crippen LogP contribution in [-0.2, 0) is 4.79 Å². The second-order valence-electron chi connectivity index (χ2n) is 10.9. The van der Waals surface area contributed by atoms with Gasteiger partial charge in [-0.05, 0) is 106 Å². The predicted octanol–water partition coefficient (Wildman–Crippen LogP) is 4.27. The lowest BCUT2D eigenvalue weighted by atomic mass is 9.54. The number of hydrogen-bond acceptors (Lipinski definition) is 2. The van der Waals surface area contributed by atoms with Crippen molar-refractivity contribution in [1.82, 2.24) is 10.2 Å². The van der Waals surface area contributed by atoms with Crippen molar-refractivity contribution in [1.29, 1.82) is 0 Å². The average Bonchev–Trinajstić information content (AvgIpc) is 2.66. The number of hydrogen-bond donors (Lipinski definition) is 2. The maximum absolute atomic E-state index is 13.0. The molecule has 0 radical (unpaired) electrons. The van der Waals surface area contributed by atoms with Gasteiger partial charge < -0.3 is 15.3 Å². The van der Waals surface area contributed by atoms with E-state index >= 15 is 0 Å². The third-order valence-electron chi connectivity index (χ3n) is 9.26. The Balaban J connectivity index is 1.11. The molecule has 1 heterocycles. The number of carboxylic acids is 1. The Labute approximate surface area is 168 Å². The van der Waals surface area contributed by atoms with Crippen LogP contribution in [0.15, 0.2) is 0 Å². The summed E-state index contributed by atoms with van der Waals surface area (Å²) in [6, 6.07) is 0.620. The molecule has 6 rings (SSSR count). The summed E-state index contributed by atoms with van der Waals surface area (Å²) >= 11 is 0. The van der Waals surface area contributed by atoms with E-state index in [9.17, 15) is 9.59 Å². The maximum Gasteiger partial charge on any atom is 0.317 e. The molecule has 1 saturated heterocycles. The average molecular weight is 389 g/mol. The van der Waals surface area contributed by atoms with Gasteiger partial charge in [0, 0.05) is 25.6 Å². The quantitative estimate of drug-likeness (QED) is 0.759. The normalized spacial score (nSPS) is 39.3. The molecule has 1 aliphatic heterocycles. The number of nitrogens with zero attached hydrogens (tertiary/aromatic N) is 1. The Morgan fingerprint density at radius 2 is 1.46 bits per heavy atom. The van der Waals surface area contributed by atoms with Gasteiger partial charge in [0.2, 0.25) is 0 Å². The van der Waals surface area contributed by atoms with E-state index < -0.39 is 5.97 Å². The van der Waals surface area contributed by atoms with Gasteiger partial charge in [-0.2, -0.15) is 0 Å². The minimum atomic E-state index is -0.655. The fourth-order valence-electron chi connectivity index (χ4n) is 7.82. The van der Waals surface area contributed by atoms with E-state index in [1.54, 1.807) is 0 Å². The molecule has 0 aromatic carbocycles. The summed E-state index contributed by atoms with van der Waals surface area (Å²) in [5.41, 5.74) is 0.369. The molecule has 0 aromatic rings. The lowest BCUT2D eigenvalue weighted by Crippen LogP contribution is -2.59. The highest BCUT2D eigenvalue weighted by atomic mass is 16.4. The molecular formula is C23H36N2O3. The van der Waals surface area contributed by atoms with Gasteiger partial charge in [-0.3, -0.25) is 4.79 Å². The van der Waals surface area contributed by atoms with Gasteiger partial charge in [0.1, 0.15) is 0 Å². The van der Waals surface area contributed by atoms with Crippen molar-refractivity contribution in [3.05, 3.63) is 0 Å². The smallest absolute Gasteiger partial charge is 0.317 e. The Morgan fingerprint density at radius 1 is 0.893 bits per heavy atom. The van der Waals surface area contributed by atoms with Crippen LogP contribution in [0.4, 0.5) is 4.79 Å². The topological polar surface area (TPSA) is 69.6 Å². The van der Waals surface area contributed by atoms with Crippen LogP contribution < -0.4 is 5.32 Å². The Morgan fingerprint density at radius 3 is 2.00 bits per heavy atom. The number of carbonyl (C=O) groups is 2. The zero-order chi connectivity index (χ0) is 19.3. The number of piperidine rings is 1. The van der Waals surface area contributed by atoms with Crippen molar-refractivity contribution >= 4 is 12.0 Å². The van der Waals surface area contributed by atoms with Crippen molar-refractivity contribution < 1.29 is 14.7 Å². The third kappa shape index (κ3) is 3.54. The van der Waals surface area contributed by atoms with Crippen LogP contribution in [-0.4, -0.2) is 41.1 Å². The number of urea groups is 1. The fraction of sp³-hybridized carbons (Fsp3) is 0.913. The number of carboxylic acid groups (broad SMARTS) is 1. The van der Waals surface area contributed by atoms with Crippen LogP contribution in [0.25, 0.3) is 0 Å². The molecule has 28 heavy (non-hydrogen) atoms. The number of carbonyl (C=O) groups excluding carboxylic acids is 1. The molecule has 2 N–H and O–H groups in total. The SMILES string of the molecule is O=C(O)CC1CCC2(CC1)CCN(C(=O)NC1C3CC4CC(C3)CC1C4)CC2. The molecule has 1 spiro atoms. The van der Waals surface area contributed by atoms with Crippen LogP contribution in [0.3, 0.4) is 0 Å². The first-order chi connectivity index (χ1) is 13.5. The molecule has 2 amide bonds. The Hall–Kier alpha value is -1.26. The van der Waals surface area contributed by atoms with Crippen LogP contribution in [0.5, 0.6) is 0 Å². The second kappa shape index (κ2) is 7.21. The number of amides is 2. The van der Waals surface area contributed by atoms with Gasteiger partial charge >= 0.3 is 12.0 Å². The van der Waals surface area contributed by atoms with Crippen molar-refractivity contribution in [2.24, 2.45) is 35.0 Å². The summed E-state index contributed by atoms with van der Waals surface area (Å²) in [7, 11) is 0. The van der Waals surface area contributed by atoms with E-state index in [2.05, 4.69) is 10.2 Å². The lowest BCUT2D eigenvalue weighted by Gasteiger charge is -2.54. The number of nitrogens with one attached hydrogen (secondary N) is 1. The zero-order valence-electron chi connectivity index (χ0n) is 17.1. The molecule has 4 bridgehead atoms. The molecular weight excluding hydrogens is 352 g/mol. The van der Waals surface area contributed by atoms with E-state index in [0.717, 1.165) is 75.3 Å². The summed E-state index contributed by atoms with van der Waals surface area (Å²) in [5.74, 6) is 3.07. The van der Waals surface area contributed by atoms with E-state index in [0.29, 0.717) is 23.8 Å². The van der Waals surface area contributed by atoms with Crippen LogP contribution in [0.2, 0.25) is 0 Å². The molecule has 0 aromatic heterocycles. The predicted molar refractivity (Wildman–Crippen MR) is 107 cm³/mol. The van der Waals surface area contributed by atoms with E-state index in [1.165, 1.54) is 32.1 Å². The molecule has 5 nitrogen and oxygen atoms in total. The second-order valence-corrected chi connectivity index (χ2v) is 10.9. The molecule has 6 aliphatic rings. The molecule has 5 aliphatic carbocycles. The van der Waals surface area contributed by atoms with Crippen molar-refractivity contribution in [2.75, 3.05) is 13.1 Å². The minimum absolute atomic E-state index is 0.187. The molecule has 0 unspecified atom stereocenters. The highest BCUT2D eigenvalue weighted by Gasteiger charge is 2.49. The third-order valence-corrected chi connectivity index (χ3v) is 9.26. The molecule has 5 heteroatoms. The van der Waals surface area contributed by atoms with Gasteiger partial charge in [-0.25, -0.2) is 4.79 Å². The number of rotatable bonds is 3. The number of likely N-dealkylation sites (tertiary alicyclic amines) is 1. The first-order valence-corrected chi connectivity index (χ1v) is 11.8. The largest absolute Gasteiger partial charge is 0.481 e. The van der Waals surface area contributed by atoms with Gasteiger partial charge in [0.25, 0.3) is 0 Å². The monoisotopic (exact) mass is 388 g/mol. The van der Waals surface area contributed by atoms with Gasteiger partial charge in [-0.15, -0.1) is 0 Å². The van der Waals surface area contributed by atoms with Gasteiger partial charge in [-0.1, -0.05) is 0 Å². The summed E-state index contributed by atoms with van der Waals surface area (Å²) in [6.45, 7) is 1.76. The standard InChI is InChI=1S/C23H36N2O3/c26-20(27)14-15-1-3-23(4-2-15)5-7-25(8-6-23)22(28)24-21-18-10-16-9-17(12-18)13-19(21)11-16/h15-19,21H,1-14H2,(H,24,28)(H,26,27). The molecule has 6 fully saturated rings. The number of aliphatic carboxylic acids is 1. The fourth-order valence-corrected chi connectivity index (χ4v) is 7.82. The molecule has 5 saturated carbocycles. The lowest BCUT2D eigenvalue weighted by molar-refractivity contribution is -0.138. The summed E-state index contributed by atoms with van der Waals surface area (Å²) in [5, 5.41) is 12.5. The highest BCUT2D eigenvalue weighted by molar-refractivity contribution is 5.74. The van der Waals surface area contributed by atoms with E-state index in [4.69, 9.17) is 5.11 Å². The summed E-state index contributed by atoms with van der Waals surface area (Å²) in [6.07, 6.45) is 13.8. The zero-order valence-corrected chi connectivity index (χ0v) is 17.1. The molecule has 156 valence electrons. The minimum Gasteiger partial charge on any atom is -0.481 e. The first-order valence-electron chi connectivity index (χ1n) is 11.8. The Bertz CT molecular complexity index is 587. The summed E-state index contributed by atoms with van der Waals surface area (Å²) < 4.78 is 0. The summed E-state index contributed by atoms with van der Waals surface area (Å²) in [4.78, 5) is 26.0. The first kappa shape index (κ1) is 18.7. The van der Waals surface area contributed by atoms with Gasteiger partial charge in [0.15, 0.2) is 0 Å². The van der Waals surface area contributed by atoms with E-state index in [1.807, 2.05) is 0 Å². The van der Waals surface area contributed by atoms with Crippen molar-refractivity contribution in [3.63, 3.8) is 0 Å². The van der Waals surface area contributed by atoms with Crippen LogP contribution in [0, 0.1) is 35.0 Å². The highest BCUT2D eigenvalue weighted by Crippen LogP contribution is 2.54. The molecule has 0 atom stereocenters. The van der Waals surface area contributed by atoms with Gasteiger partial charge in [0.05, 0.1) is 0 Å². The van der Waals surface area contributed by atoms with Crippen molar-refractivity contribution in [2.45, 2.75) is 83.1 Å². The van der Waals surface area contributed by atoms with E-state index in [-0.39, 0.29) is 6.03 Å². The maximum atomic E-state index is 13.0. The van der Waals surface area contributed by atoms with Crippen LogP contribution in [0.1, 0.15) is 77.0 Å². The van der Waals surface area contributed by atoms with Crippen LogP contribution >= 0.6 is 0 Å².